The van der Waals surface area contributed by atoms with Crippen LogP contribution in [0.25, 0.3) is 0 Å². The highest BCUT2D eigenvalue weighted by Gasteiger charge is 2.11. The van der Waals surface area contributed by atoms with E-state index in [1.54, 1.807) is 30.0 Å². The van der Waals surface area contributed by atoms with E-state index < -0.39 is 0 Å². The number of ether oxygens (including phenoxy) is 1. The van der Waals surface area contributed by atoms with Crippen molar-refractivity contribution < 1.29 is 9.53 Å². The molecule has 72 valence electrons. The molecule has 1 aromatic heterocycles. The van der Waals surface area contributed by atoms with Gasteiger partial charge in [0.1, 0.15) is 6.04 Å². The van der Waals surface area contributed by atoms with Crippen LogP contribution in [0.4, 0.5) is 0 Å². The van der Waals surface area contributed by atoms with Gasteiger partial charge in [-0.3, -0.25) is 15.1 Å². The van der Waals surface area contributed by atoms with E-state index in [2.05, 4.69) is 15.0 Å². The SMILES string of the molecule is COC(=O)[C@H](C)NCc1cncs1. The van der Waals surface area contributed by atoms with E-state index in [1.807, 2.05) is 0 Å². The Balaban J connectivity index is 2.30. The van der Waals surface area contributed by atoms with Crippen LogP contribution in [0.3, 0.4) is 0 Å². The summed E-state index contributed by atoms with van der Waals surface area (Å²) in [4.78, 5) is 16.0. The molecule has 4 nitrogen and oxygen atoms in total. The number of nitrogens with zero attached hydrogens (tertiary/aromatic N) is 1. The predicted octanol–water partition coefficient (Wildman–Crippen LogP) is 0.794. The van der Waals surface area contributed by atoms with Crippen LogP contribution < -0.4 is 5.32 Å². The highest BCUT2D eigenvalue weighted by atomic mass is 32.1. The van der Waals surface area contributed by atoms with Gasteiger partial charge in [0, 0.05) is 17.6 Å². The second-order valence-electron chi connectivity index (χ2n) is 2.59. The van der Waals surface area contributed by atoms with Gasteiger partial charge in [0.25, 0.3) is 0 Å². The van der Waals surface area contributed by atoms with Crippen LogP contribution in [-0.4, -0.2) is 24.1 Å². The Morgan fingerprint density at radius 3 is 3.15 bits per heavy atom. The largest absolute Gasteiger partial charge is 0.468 e. The molecule has 0 aliphatic rings. The van der Waals surface area contributed by atoms with Gasteiger partial charge < -0.3 is 4.74 Å². The third kappa shape index (κ3) is 3.12. The molecule has 0 unspecified atom stereocenters. The third-order valence-corrected chi connectivity index (χ3v) is 2.40. The maximum absolute atomic E-state index is 11.0. The first-order chi connectivity index (χ1) is 6.24. The van der Waals surface area contributed by atoms with E-state index in [9.17, 15) is 4.79 Å². The van der Waals surface area contributed by atoms with Gasteiger partial charge in [-0.2, -0.15) is 0 Å². The molecule has 0 fully saturated rings. The van der Waals surface area contributed by atoms with E-state index in [4.69, 9.17) is 0 Å². The summed E-state index contributed by atoms with van der Waals surface area (Å²) < 4.78 is 4.57. The first-order valence-corrected chi connectivity index (χ1v) is 4.80. The van der Waals surface area contributed by atoms with E-state index in [1.165, 1.54) is 7.11 Å². The number of thiazole rings is 1. The van der Waals surface area contributed by atoms with Crippen molar-refractivity contribution in [1.29, 1.82) is 0 Å². The summed E-state index contributed by atoms with van der Waals surface area (Å²) in [7, 11) is 1.38. The van der Waals surface area contributed by atoms with Gasteiger partial charge >= 0.3 is 5.97 Å². The van der Waals surface area contributed by atoms with Gasteiger partial charge in [0.05, 0.1) is 12.6 Å². The monoisotopic (exact) mass is 200 g/mol. The van der Waals surface area contributed by atoms with Crippen LogP contribution in [0.5, 0.6) is 0 Å². The Hall–Kier alpha value is -0.940. The summed E-state index contributed by atoms with van der Waals surface area (Å²) in [5.74, 6) is -0.246. The highest BCUT2D eigenvalue weighted by Crippen LogP contribution is 2.04. The topological polar surface area (TPSA) is 51.2 Å². The molecule has 0 amide bonds. The highest BCUT2D eigenvalue weighted by molar-refractivity contribution is 7.09. The molecule has 1 N–H and O–H groups in total. The minimum atomic E-state index is -0.271. The van der Waals surface area contributed by atoms with Crippen LogP contribution >= 0.6 is 11.3 Å². The zero-order valence-corrected chi connectivity index (χ0v) is 8.43. The Morgan fingerprint density at radius 1 is 1.85 bits per heavy atom. The molecule has 13 heavy (non-hydrogen) atoms. The van der Waals surface area contributed by atoms with Crippen LogP contribution in [0.15, 0.2) is 11.7 Å². The molecule has 0 aliphatic heterocycles. The molecule has 1 aromatic rings. The van der Waals surface area contributed by atoms with E-state index in [0.29, 0.717) is 6.54 Å². The second kappa shape index (κ2) is 4.94. The summed E-state index contributed by atoms with van der Waals surface area (Å²) >= 11 is 1.56. The van der Waals surface area contributed by atoms with Crippen molar-refractivity contribution in [3.8, 4) is 0 Å². The van der Waals surface area contributed by atoms with Gasteiger partial charge in [-0.1, -0.05) is 0 Å². The minimum Gasteiger partial charge on any atom is -0.468 e. The van der Waals surface area contributed by atoms with Crippen molar-refractivity contribution in [3.05, 3.63) is 16.6 Å². The molecular weight excluding hydrogens is 188 g/mol. The predicted molar refractivity (Wildman–Crippen MR) is 50.4 cm³/mol. The summed E-state index contributed by atoms with van der Waals surface area (Å²) in [6.07, 6.45) is 1.78. The molecule has 0 aliphatic carbocycles. The maximum Gasteiger partial charge on any atom is 0.322 e. The lowest BCUT2D eigenvalue weighted by atomic mass is 10.3. The van der Waals surface area contributed by atoms with Crippen LogP contribution in [0.1, 0.15) is 11.8 Å². The lowest BCUT2D eigenvalue weighted by molar-refractivity contribution is -0.142. The molecule has 0 saturated carbocycles. The summed E-state index contributed by atoms with van der Waals surface area (Å²) in [6, 6.07) is -0.271. The average Bonchev–Trinajstić information content (AvgIpc) is 2.65. The first-order valence-electron chi connectivity index (χ1n) is 3.92. The number of hydrogen-bond donors (Lipinski definition) is 1. The average molecular weight is 200 g/mol. The molecule has 0 radical (unpaired) electrons. The van der Waals surface area contributed by atoms with Crippen molar-refractivity contribution in [2.45, 2.75) is 19.5 Å². The molecule has 0 bridgehead atoms. The van der Waals surface area contributed by atoms with Crippen molar-refractivity contribution in [3.63, 3.8) is 0 Å². The second-order valence-corrected chi connectivity index (χ2v) is 3.56. The molecular formula is C8H12N2O2S. The molecule has 1 atom stereocenters. The standard InChI is InChI=1S/C8H12N2O2S/c1-6(8(11)12-2)10-4-7-3-9-5-13-7/h3,5-6,10H,4H2,1-2H3/t6-/m0/s1. The van der Waals surface area contributed by atoms with E-state index in [-0.39, 0.29) is 12.0 Å². The maximum atomic E-state index is 11.0. The van der Waals surface area contributed by atoms with Crippen LogP contribution in [0.2, 0.25) is 0 Å². The number of rotatable bonds is 4. The Labute approximate surface area is 80.9 Å². The van der Waals surface area contributed by atoms with Gasteiger partial charge in [-0.25, -0.2) is 0 Å². The Kier molecular flexibility index (Phi) is 3.85. The lowest BCUT2D eigenvalue weighted by Gasteiger charge is -2.09. The number of carbonyl (C=O) groups is 1. The number of nitrogens with one attached hydrogen (secondary N) is 1. The fourth-order valence-corrected chi connectivity index (χ4v) is 1.39. The summed E-state index contributed by atoms with van der Waals surface area (Å²) in [6.45, 7) is 2.42. The molecule has 5 heteroatoms. The third-order valence-electron chi connectivity index (χ3n) is 1.62. The van der Waals surface area contributed by atoms with E-state index in [0.717, 1.165) is 4.88 Å². The quantitative estimate of drug-likeness (QED) is 0.730. The zero-order valence-electron chi connectivity index (χ0n) is 7.61. The fourth-order valence-electron chi connectivity index (χ4n) is 0.843. The molecule has 0 spiro atoms. The molecule has 0 aromatic carbocycles. The van der Waals surface area contributed by atoms with Gasteiger partial charge in [-0.05, 0) is 6.92 Å². The minimum absolute atomic E-state index is 0.246. The van der Waals surface area contributed by atoms with Crippen molar-refractivity contribution >= 4 is 17.3 Å². The normalized spacial score (nSPS) is 12.5. The van der Waals surface area contributed by atoms with Crippen molar-refractivity contribution in [1.82, 2.24) is 10.3 Å². The number of esters is 1. The molecule has 0 saturated heterocycles. The van der Waals surface area contributed by atoms with Gasteiger partial charge in [0.2, 0.25) is 0 Å². The number of hydrogen-bond acceptors (Lipinski definition) is 5. The molecule has 1 rings (SSSR count). The van der Waals surface area contributed by atoms with Crippen molar-refractivity contribution in [2.24, 2.45) is 0 Å². The Bertz CT molecular complexity index is 261. The number of methoxy groups -OCH3 is 1. The van der Waals surface area contributed by atoms with Crippen LogP contribution in [-0.2, 0) is 16.1 Å². The smallest absolute Gasteiger partial charge is 0.322 e. The van der Waals surface area contributed by atoms with Crippen LogP contribution in [0, 0.1) is 0 Å². The van der Waals surface area contributed by atoms with Gasteiger partial charge in [-0.15, -0.1) is 11.3 Å². The first kappa shape index (κ1) is 10.1. The fraction of sp³-hybridized carbons (Fsp3) is 0.500. The van der Waals surface area contributed by atoms with Gasteiger partial charge in [0.15, 0.2) is 0 Å². The Morgan fingerprint density at radius 2 is 2.62 bits per heavy atom. The van der Waals surface area contributed by atoms with Crippen molar-refractivity contribution in [2.75, 3.05) is 7.11 Å². The number of carbonyl (C=O) groups excluding carboxylic acids is 1. The summed E-state index contributed by atoms with van der Waals surface area (Å²) in [5, 5.41) is 3.03. The number of aromatic nitrogens is 1. The lowest BCUT2D eigenvalue weighted by Crippen LogP contribution is -2.34. The zero-order chi connectivity index (χ0) is 9.68. The van der Waals surface area contributed by atoms with E-state index >= 15 is 0 Å². The summed E-state index contributed by atoms with van der Waals surface area (Å²) in [5.41, 5.74) is 1.76. The molecule has 1 heterocycles.